The van der Waals surface area contributed by atoms with Crippen molar-refractivity contribution in [3.05, 3.63) is 83.3 Å². The first kappa shape index (κ1) is 19.1. The van der Waals surface area contributed by atoms with Crippen LogP contribution < -0.4 is 10.6 Å². The van der Waals surface area contributed by atoms with Crippen molar-refractivity contribution in [1.29, 1.82) is 5.26 Å². The molecule has 6 heteroatoms. The van der Waals surface area contributed by atoms with E-state index in [1.165, 1.54) is 5.56 Å². The van der Waals surface area contributed by atoms with Crippen LogP contribution in [0.2, 0.25) is 0 Å². The van der Waals surface area contributed by atoms with E-state index in [0.717, 1.165) is 18.5 Å². The highest BCUT2D eigenvalue weighted by molar-refractivity contribution is 5.93. The summed E-state index contributed by atoms with van der Waals surface area (Å²) in [4.78, 5) is 21.0. The van der Waals surface area contributed by atoms with Crippen LogP contribution in [-0.4, -0.2) is 22.4 Å². The number of nitriles is 1. The fourth-order valence-electron chi connectivity index (χ4n) is 2.79. The van der Waals surface area contributed by atoms with Crippen LogP contribution in [0.25, 0.3) is 0 Å². The minimum atomic E-state index is -0.229. The Balaban J connectivity index is 1.60. The van der Waals surface area contributed by atoms with Gasteiger partial charge in [0.05, 0.1) is 11.6 Å². The number of nitrogens with one attached hydrogen (secondary N) is 2. The van der Waals surface area contributed by atoms with Gasteiger partial charge in [-0.15, -0.1) is 0 Å². The first-order valence-electron chi connectivity index (χ1n) is 9.09. The minimum absolute atomic E-state index is 0.229. The predicted octanol–water partition coefficient (Wildman–Crippen LogP) is 3.76. The van der Waals surface area contributed by atoms with E-state index in [9.17, 15) is 4.79 Å². The highest BCUT2D eigenvalue weighted by Crippen LogP contribution is 2.16. The van der Waals surface area contributed by atoms with Crippen molar-refractivity contribution in [2.75, 3.05) is 11.9 Å². The molecule has 0 spiro atoms. The van der Waals surface area contributed by atoms with Crippen molar-refractivity contribution in [1.82, 2.24) is 15.3 Å². The summed E-state index contributed by atoms with van der Waals surface area (Å²) >= 11 is 0. The molecule has 0 fully saturated rings. The molecule has 2 aromatic carbocycles. The average molecular weight is 371 g/mol. The van der Waals surface area contributed by atoms with Crippen LogP contribution in [0.4, 0.5) is 11.5 Å². The van der Waals surface area contributed by atoms with Gasteiger partial charge in [0, 0.05) is 18.3 Å². The number of carbonyl (C=O) groups is 1. The Morgan fingerprint density at radius 2 is 1.89 bits per heavy atom. The van der Waals surface area contributed by atoms with Crippen LogP contribution in [0.5, 0.6) is 0 Å². The number of anilines is 2. The zero-order chi connectivity index (χ0) is 19.8. The standard InChI is InChI=1S/C22H21N5O/c1-16-25-20(22(28)24-12-6-10-17-7-3-2-4-8-17)14-21(26-16)27-19-11-5-9-18(13-19)15-23/h2-5,7-9,11,13-14H,6,10,12H2,1H3,(H,24,28)(H,25,26,27). The molecule has 0 aliphatic heterocycles. The highest BCUT2D eigenvalue weighted by atomic mass is 16.1. The molecule has 1 aromatic heterocycles. The first-order chi connectivity index (χ1) is 13.6. The molecule has 28 heavy (non-hydrogen) atoms. The van der Waals surface area contributed by atoms with Gasteiger partial charge < -0.3 is 10.6 Å². The van der Waals surface area contributed by atoms with E-state index in [2.05, 4.69) is 38.8 Å². The van der Waals surface area contributed by atoms with E-state index in [4.69, 9.17) is 5.26 Å². The molecule has 1 heterocycles. The molecule has 3 aromatic rings. The molecule has 6 nitrogen and oxygen atoms in total. The lowest BCUT2D eigenvalue weighted by Crippen LogP contribution is -2.26. The van der Waals surface area contributed by atoms with E-state index >= 15 is 0 Å². The van der Waals surface area contributed by atoms with Gasteiger partial charge in [-0.05, 0) is 43.5 Å². The Morgan fingerprint density at radius 3 is 2.68 bits per heavy atom. The smallest absolute Gasteiger partial charge is 0.270 e. The Bertz CT molecular complexity index is 995. The summed E-state index contributed by atoms with van der Waals surface area (Å²) in [7, 11) is 0. The van der Waals surface area contributed by atoms with Crippen molar-refractivity contribution in [2.45, 2.75) is 19.8 Å². The van der Waals surface area contributed by atoms with Gasteiger partial charge in [0.15, 0.2) is 0 Å². The van der Waals surface area contributed by atoms with Gasteiger partial charge in [-0.3, -0.25) is 4.79 Å². The molecule has 0 saturated heterocycles. The molecule has 0 unspecified atom stereocenters. The maximum absolute atomic E-state index is 12.4. The minimum Gasteiger partial charge on any atom is -0.351 e. The van der Waals surface area contributed by atoms with Gasteiger partial charge in [0.25, 0.3) is 5.91 Å². The molecule has 1 amide bonds. The molecular formula is C22H21N5O. The number of carbonyl (C=O) groups excluding carboxylic acids is 1. The second-order valence-electron chi connectivity index (χ2n) is 6.35. The van der Waals surface area contributed by atoms with Crippen molar-refractivity contribution < 1.29 is 4.79 Å². The summed E-state index contributed by atoms with van der Waals surface area (Å²) in [5.74, 6) is 0.778. The van der Waals surface area contributed by atoms with E-state index in [1.807, 2.05) is 24.3 Å². The molecule has 0 radical (unpaired) electrons. The van der Waals surface area contributed by atoms with Gasteiger partial charge in [-0.2, -0.15) is 5.26 Å². The normalized spacial score (nSPS) is 10.1. The van der Waals surface area contributed by atoms with Crippen LogP contribution in [-0.2, 0) is 6.42 Å². The zero-order valence-electron chi connectivity index (χ0n) is 15.6. The molecular weight excluding hydrogens is 350 g/mol. The van der Waals surface area contributed by atoms with Gasteiger partial charge in [-0.1, -0.05) is 36.4 Å². The number of hydrogen-bond acceptors (Lipinski definition) is 5. The molecule has 0 atom stereocenters. The maximum atomic E-state index is 12.4. The summed E-state index contributed by atoms with van der Waals surface area (Å²) in [5.41, 5.74) is 2.84. The van der Waals surface area contributed by atoms with Gasteiger partial charge >= 0.3 is 0 Å². The average Bonchev–Trinajstić information content (AvgIpc) is 2.71. The summed E-state index contributed by atoms with van der Waals surface area (Å²) in [6, 6.07) is 21.0. The van der Waals surface area contributed by atoms with Crippen LogP contribution in [0.15, 0.2) is 60.7 Å². The lowest BCUT2D eigenvalue weighted by atomic mass is 10.1. The summed E-state index contributed by atoms with van der Waals surface area (Å²) in [5, 5.41) is 15.0. The molecule has 0 saturated carbocycles. The third kappa shape index (κ3) is 5.39. The number of aromatic nitrogens is 2. The molecule has 140 valence electrons. The number of benzene rings is 2. The summed E-state index contributed by atoms with van der Waals surface area (Å²) < 4.78 is 0. The Kier molecular flexibility index (Phi) is 6.32. The van der Waals surface area contributed by atoms with E-state index in [-0.39, 0.29) is 5.91 Å². The summed E-state index contributed by atoms with van der Waals surface area (Å²) in [6.07, 6.45) is 1.76. The second kappa shape index (κ2) is 9.28. The molecule has 2 N–H and O–H groups in total. The van der Waals surface area contributed by atoms with Gasteiger partial charge in [0.1, 0.15) is 17.3 Å². The predicted molar refractivity (Wildman–Crippen MR) is 108 cm³/mol. The molecule has 0 aliphatic carbocycles. The third-order valence-electron chi connectivity index (χ3n) is 4.11. The quantitative estimate of drug-likeness (QED) is 0.617. The van der Waals surface area contributed by atoms with E-state index < -0.39 is 0 Å². The monoisotopic (exact) mass is 371 g/mol. The fourth-order valence-corrected chi connectivity index (χ4v) is 2.79. The number of hydrogen-bond donors (Lipinski definition) is 2. The van der Waals surface area contributed by atoms with Crippen LogP contribution in [0.3, 0.4) is 0 Å². The number of aryl methyl sites for hydroxylation is 2. The van der Waals surface area contributed by atoms with Crippen molar-refractivity contribution in [2.24, 2.45) is 0 Å². The van der Waals surface area contributed by atoms with Crippen molar-refractivity contribution in [3.63, 3.8) is 0 Å². The Labute approximate surface area is 164 Å². The topological polar surface area (TPSA) is 90.7 Å². The molecule has 0 bridgehead atoms. The fraction of sp³-hybridized carbons (Fsp3) is 0.182. The Hall–Kier alpha value is -3.72. The lowest BCUT2D eigenvalue weighted by molar-refractivity contribution is 0.0948. The Morgan fingerprint density at radius 1 is 1.07 bits per heavy atom. The number of amides is 1. The SMILES string of the molecule is Cc1nc(Nc2cccc(C#N)c2)cc(C(=O)NCCCc2ccccc2)n1. The number of nitrogens with zero attached hydrogens (tertiary/aromatic N) is 3. The molecule has 3 rings (SSSR count). The maximum Gasteiger partial charge on any atom is 0.270 e. The number of rotatable bonds is 7. The highest BCUT2D eigenvalue weighted by Gasteiger charge is 2.10. The summed E-state index contributed by atoms with van der Waals surface area (Å²) in [6.45, 7) is 2.31. The third-order valence-corrected chi connectivity index (χ3v) is 4.11. The largest absolute Gasteiger partial charge is 0.351 e. The van der Waals surface area contributed by atoms with Crippen LogP contribution in [0, 0.1) is 18.3 Å². The van der Waals surface area contributed by atoms with Crippen molar-refractivity contribution in [3.8, 4) is 6.07 Å². The first-order valence-corrected chi connectivity index (χ1v) is 9.09. The van der Waals surface area contributed by atoms with Gasteiger partial charge in [-0.25, -0.2) is 9.97 Å². The van der Waals surface area contributed by atoms with E-state index in [1.54, 1.807) is 31.2 Å². The van der Waals surface area contributed by atoms with E-state index in [0.29, 0.717) is 29.4 Å². The van der Waals surface area contributed by atoms with Crippen LogP contribution in [0.1, 0.15) is 33.9 Å². The van der Waals surface area contributed by atoms with Gasteiger partial charge in [0.2, 0.25) is 0 Å². The zero-order valence-corrected chi connectivity index (χ0v) is 15.6. The van der Waals surface area contributed by atoms with Crippen LogP contribution >= 0.6 is 0 Å². The lowest BCUT2D eigenvalue weighted by Gasteiger charge is -2.09. The second-order valence-corrected chi connectivity index (χ2v) is 6.35. The van der Waals surface area contributed by atoms with Crippen molar-refractivity contribution >= 4 is 17.4 Å². The molecule has 0 aliphatic rings.